The minimum atomic E-state index is -0.279. The molecule has 1 amide bonds. The number of ether oxygens (including phenoxy) is 2. The first-order valence-corrected chi connectivity index (χ1v) is 10.7. The van der Waals surface area contributed by atoms with Gasteiger partial charge in [0.1, 0.15) is 17.2 Å². The van der Waals surface area contributed by atoms with Gasteiger partial charge >= 0.3 is 0 Å². The Kier molecular flexibility index (Phi) is 5.66. The van der Waals surface area contributed by atoms with Gasteiger partial charge in [0, 0.05) is 35.1 Å². The van der Waals surface area contributed by atoms with Gasteiger partial charge in [0.2, 0.25) is 0 Å². The van der Waals surface area contributed by atoms with Gasteiger partial charge in [0.05, 0.1) is 31.0 Å². The zero-order valence-corrected chi connectivity index (χ0v) is 18.7. The summed E-state index contributed by atoms with van der Waals surface area (Å²) in [5.74, 6) is 0.931. The minimum absolute atomic E-state index is 0.279. The van der Waals surface area contributed by atoms with Crippen molar-refractivity contribution in [3.05, 3.63) is 96.8 Å². The smallest absolute Gasteiger partial charge is 0.259 e. The van der Waals surface area contributed by atoms with E-state index in [0.717, 1.165) is 16.6 Å². The lowest BCUT2D eigenvalue weighted by Gasteiger charge is -2.11. The average molecular weight is 450 g/mol. The monoisotopic (exact) mass is 450 g/mol. The molecule has 7 nitrogen and oxygen atoms in total. The number of amides is 1. The predicted octanol–water partition coefficient (Wildman–Crippen LogP) is 5.36. The second-order valence-corrected chi connectivity index (χ2v) is 7.60. The molecule has 2 heterocycles. The molecule has 2 aromatic heterocycles. The Balaban J connectivity index is 1.58. The van der Waals surface area contributed by atoms with Crippen LogP contribution in [0.1, 0.15) is 10.4 Å². The fourth-order valence-corrected chi connectivity index (χ4v) is 3.80. The molecule has 0 aliphatic carbocycles. The molecule has 0 unspecified atom stereocenters. The minimum Gasteiger partial charge on any atom is -0.497 e. The molecule has 34 heavy (non-hydrogen) atoms. The molecule has 0 spiro atoms. The first kappa shape index (κ1) is 21.2. The number of nitrogens with one attached hydrogen (secondary N) is 1. The number of pyridine rings is 1. The summed E-state index contributed by atoms with van der Waals surface area (Å²) in [6.45, 7) is 0. The van der Waals surface area contributed by atoms with Crippen molar-refractivity contribution in [1.82, 2.24) is 14.8 Å². The summed E-state index contributed by atoms with van der Waals surface area (Å²) in [5.41, 5.74) is 3.98. The summed E-state index contributed by atoms with van der Waals surface area (Å²) in [4.78, 5) is 17.8. The molecule has 3 aromatic carbocycles. The van der Waals surface area contributed by atoms with Gasteiger partial charge in [-0.05, 0) is 48.5 Å². The van der Waals surface area contributed by atoms with Gasteiger partial charge in [-0.2, -0.15) is 5.10 Å². The van der Waals surface area contributed by atoms with E-state index in [9.17, 15) is 4.79 Å². The van der Waals surface area contributed by atoms with Crippen molar-refractivity contribution in [2.24, 2.45) is 0 Å². The maximum atomic E-state index is 13.5. The van der Waals surface area contributed by atoms with E-state index in [1.54, 1.807) is 37.4 Å². The number of hydrogen-bond acceptors (Lipinski definition) is 5. The number of rotatable bonds is 6. The molecule has 168 valence electrons. The largest absolute Gasteiger partial charge is 0.497 e. The first-order chi connectivity index (χ1) is 16.7. The SMILES string of the molecule is COc1ccc(-c2nn(-c3ccccc3)cc2C(=O)Nc2ccc3ncccc3c2)c(OC)c1. The summed E-state index contributed by atoms with van der Waals surface area (Å²) in [6, 6.07) is 24.5. The van der Waals surface area contributed by atoms with Crippen LogP contribution in [-0.2, 0) is 0 Å². The van der Waals surface area contributed by atoms with E-state index >= 15 is 0 Å². The van der Waals surface area contributed by atoms with Crippen molar-refractivity contribution < 1.29 is 14.3 Å². The van der Waals surface area contributed by atoms with E-state index in [4.69, 9.17) is 14.6 Å². The second-order valence-electron chi connectivity index (χ2n) is 7.60. The lowest BCUT2D eigenvalue weighted by atomic mass is 10.1. The van der Waals surface area contributed by atoms with Crippen molar-refractivity contribution in [2.45, 2.75) is 0 Å². The van der Waals surface area contributed by atoms with Crippen molar-refractivity contribution in [1.29, 1.82) is 0 Å². The summed E-state index contributed by atoms with van der Waals surface area (Å²) < 4.78 is 12.6. The van der Waals surface area contributed by atoms with E-state index in [0.29, 0.717) is 34.0 Å². The number of anilines is 1. The highest BCUT2D eigenvalue weighted by Gasteiger charge is 2.22. The molecule has 0 atom stereocenters. The van der Waals surface area contributed by atoms with E-state index in [2.05, 4.69) is 10.3 Å². The van der Waals surface area contributed by atoms with Crippen molar-refractivity contribution in [2.75, 3.05) is 19.5 Å². The molecule has 0 fully saturated rings. The molecule has 0 aliphatic heterocycles. The first-order valence-electron chi connectivity index (χ1n) is 10.7. The molecule has 5 aromatic rings. The maximum absolute atomic E-state index is 13.5. The highest BCUT2D eigenvalue weighted by molar-refractivity contribution is 6.09. The van der Waals surface area contributed by atoms with Crippen LogP contribution < -0.4 is 14.8 Å². The Morgan fingerprint density at radius 2 is 1.76 bits per heavy atom. The number of benzene rings is 3. The topological polar surface area (TPSA) is 78.3 Å². The number of fused-ring (bicyclic) bond motifs is 1. The third-order valence-corrected chi connectivity index (χ3v) is 5.50. The fourth-order valence-electron chi connectivity index (χ4n) is 3.80. The normalized spacial score (nSPS) is 10.8. The standard InChI is InChI=1S/C27H22N4O3/c1-33-21-11-12-22(25(16-21)34-2)26-23(17-31(30-26)20-8-4-3-5-9-20)27(32)29-19-10-13-24-18(15-19)7-6-14-28-24/h3-17H,1-2H3,(H,29,32). The summed E-state index contributed by atoms with van der Waals surface area (Å²) in [5, 5.41) is 8.69. The Hall–Kier alpha value is -4.65. The number of nitrogens with zero attached hydrogens (tertiary/aromatic N) is 3. The van der Waals surface area contributed by atoms with Gasteiger partial charge in [-0.25, -0.2) is 4.68 Å². The van der Waals surface area contributed by atoms with Crippen LogP contribution in [0.25, 0.3) is 27.8 Å². The van der Waals surface area contributed by atoms with Crippen molar-refractivity contribution >= 4 is 22.5 Å². The Morgan fingerprint density at radius 1 is 0.912 bits per heavy atom. The van der Waals surface area contributed by atoms with Crippen LogP contribution in [0.3, 0.4) is 0 Å². The zero-order valence-electron chi connectivity index (χ0n) is 18.7. The fraction of sp³-hybridized carbons (Fsp3) is 0.0741. The Bertz CT molecular complexity index is 1480. The summed E-state index contributed by atoms with van der Waals surface area (Å²) in [7, 11) is 3.17. The number of carbonyl (C=O) groups is 1. The highest BCUT2D eigenvalue weighted by atomic mass is 16.5. The molecule has 1 N–H and O–H groups in total. The molecular formula is C27H22N4O3. The molecule has 0 saturated heterocycles. The lowest BCUT2D eigenvalue weighted by molar-refractivity contribution is 0.102. The van der Waals surface area contributed by atoms with Crippen LogP contribution in [0.4, 0.5) is 5.69 Å². The second kappa shape index (κ2) is 9.07. The number of hydrogen-bond donors (Lipinski definition) is 1. The predicted molar refractivity (Wildman–Crippen MR) is 132 cm³/mol. The summed E-state index contributed by atoms with van der Waals surface area (Å²) >= 11 is 0. The van der Waals surface area contributed by atoms with E-state index in [-0.39, 0.29) is 5.91 Å². The highest BCUT2D eigenvalue weighted by Crippen LogP contribution is 2.35. The third-order valence-electron chi connectivity index (χ3n) is 5.50. The molecule has 7 heteroatoms. The number of carbonyl (C=O) groups excluding carboxylic acids is 1. The van der Waals surface area contributed by atoms with Crippen LogP contribution in [0.15, 0.2) is 91.3 Å². The van der Waals surface area contributed by atoms with Gasteiger partial charge in [0.15, 0.2) is 0 Å². The molecule has 0 bridgehead atoms. The van der Waals surface area contributed by atoms with Crippen molar-refractivity contribution in [3.63, 3.8) is 0 Å². The van der Waals surface area contributed by atoms with Crippen LogP contribution in [0, 0.1) is 0 Å². The molecular weight excluding hydrogens is 428 g/mol. The van der Waals surface area contributed by atoms with E-state index in [1.807, 2.05) is 72.8 Å². The molecule has 0 radical (unpaired) electrons. The Labute approximate surface area is 196 Å². The average Bonchev–Trinajstić information content (AvgIpc) is 3.34. The van der Waals surface area contributed by atoms with Crippen LogP contribution in [0.2, 0.25) is 0 Å². The van der Waals surface area contributed by atoms with Gasteiger partial charge in [-0.3, -0.25) is 9.78 Å². The summed E-state index contributed by atoms with van der Waals surface area (Å²) in [6.07, 6.45) is 3.47. The van der Waals surface area contributed by atoms with E-state index < -0.39 is 0 Å². The van der Waals surface area contributed by atoms with Crippen molar-refractivity contribution in [3.8, 4) is 28.4 Å². The van der Waals surface area contributed by atoms with Gasteiger partial charge < -0.3 is 14.8 Å². The zero-order chi connectivity index (χ0) is 23.5. The number of methoxy groups -OCH3 is 2. The maximum Gasteiger partial charge on any atom is 0.259 e. The Morgan fingerprint density at radius 3 is 2.56 bits per heavy atom. The van der Waals surface area contributed by atoms with Gasteiger partial charge in [-0.15, -0.1) is 0 Å². The molecule has 0 aliphatic rings. The molecule has 5 rings (SSSR count). The lowest BCUT2D eigenvalue weighted by Crippen LogP contribution is -2.12. The third kappa shape index (κ3) is 4.06. The quantitative estimate of drug-likeness (QED) is 0.377. The van der Waals surface area contributed by atoms with Crippen LogP contribution >= 0.6 is 0 Å². The van der Waals surface area contributed by atoms with Crippen LogP contribution in [-0.4, -0.2) is 34.9 Å². The van der Waals surface area contributed by atoms with Gasteiger partial charge in [0.25, 0.3) is 5.91 Å². The van der Waals surface area contributed by atoms with E-state index in [1.165, 1.54) is 0 Å². The van der Waals surface area contributed by atoms with Gasteiger partial charge in [-0.1, -0.05) is 24.3 Å². The molecule has 0 saturated carbocycles. The number of para-hydroxylation sites is 1. The van der Waals surface area contributed by atoms with Crippen LogP contribution in [0.5, 0.6) is 11.5 Å². The number of aromatic nitrogens is 3.